The van der Waals surface area contributed by atoms with Crippen LogP contribution >= 0.6 is 0 Å². The van der Waals surface area contributed by atoms with Crippen molar-refractivity contribution >= 4 is 11.7 Å². The molecule has 18 heavy (non-hydrogen) atoms. The zero-order chi connectivity index (χ0) is 12.5. The van der Waals surface area contributed by atoms with Crippen molar-refractivity contribution in [2.45, 2.75) is 6.92 Å². The van der Waals surface area contributed by atoms with Gasteiger partial charge in [0.25, 0.3) is 5.91 Å². The Bertz CT molecular complexity index is 606. The van der Waals surface area contributed by atoms with E-state index in [0.29, 0.717) is 22.9 Å². The average molecular weight is 245 g/mol. The van der Waals surface area contributed by atoms with Crippen LogP contribution in [-0.4, -0.2) is 22.9 Å². The number of carbonyl (C=O) groups excluding carboxylic acids is 1. The van der Waals surface area contributed by atoms with Crippen LogP contribution in [0.1, 0.15) is 15.9 Å². The number of benzene rings is 1. The Morgan fingerprint density at radius 1 is 1.39 bits per heavy atom. The topological polar surface area (TPSA) is 76.2 Å². The van der Waals surface area contributed by atoms with E-state index < -0.39 is 0 Å². The van der Waals surface area contributed by atoms with E-state index in [1.807, 2.05) is 6.92 Å². The summed E-state index contributed by atoms with van der Waals surface area (Å²) in [6.45, 7) is 2.05. The molecular formula is C12H11N3O3. The number of hydrogen-bond donors (Lipinski definition) is 2. The molecule has 2 aromatic rings. The molecule has 0 saturated heterocycles. The van der Waals surface area contributed by atoms with E-state index in [-0.39, 0.29) is 12.7 Å². The molecule has 0 saturated carbocycles. The highest BCUT2D eigenvalue weighted by Gasteiger charge is 2.16. The van der Waals surface area contributed by atoms with Crippen molar-refractivity contribution in [3.63, 3.8) is 0 Å². The smallest absolute Gasteiger partial charge is 0.256 e. The minimum atomic E-state index is -0.222. The molecule has 1 amide bonds. The molecule has 1 aromatic heterocycles. The van der Waals surface area contributed by atoms with Crippen molar-refractivity contribution in [1.29, 1.82) is 0 Å². The lowest BCUT2D eigenvalue weighted by Crippen LogP contribution is -2.12. The second kappa shape index (κ2) is 4.06. The zero-order valence-electron chi connectivity index (χ0n) is 9.69. The summed E-state index contributed by atoms with van der Waals surface area (Å²) >= 11 is 0. The van der Waals surface area contributed by atoms with Gasteiger partial charge in [0.1, 0.15) is 5.82 Å². The fraction of sp³-hybridized carbons (Fsp3) is 0.167. The van der Waals surface area contributed by atoms with Crippen LogP contribution in [-0.2, 0) is 0 Å². The van der Waals surface area contributed by atoms with Crippen molar-refractivity contribution in [3.05, 3.63) is 35.5 Å². The highest BCUT2D eigenvalue weighted by molar-refractivity contribution is 6.04. The van der Waals surface area contributed by atoms with Gasteiger partial charge < -0.3 is 14.8 Å². The van der Waals surface area contributed by atoms with Crippen molar-refractivity contribution in [1.82, 2.24) is 10.2 Å². The Balaban J connectivity index is 1.83. The summed E-state index contributed by atoms with van der Waals surface area (Å²) in [6.07, 6.45) is 1.65. The fourth-order valence-corrected chi connectivity index (χ4v) is 1.70. The SMILES string of the molecule is Cc1cn[nH]c1NC(=O)c1ccc2c(c1)OCO2. The first kappa shape index (κ1) is 10.6. The summed E-state index contributed by atoms with van der Waals surface area (Å²) in [7, 11) is 0. The van der Waals surface area contributed by atoms with Crippen molar-refractivity contribution in [3.8, 4) is 11.5 Å². The number of anilines is 1. The number of aromatic nitrogens is 2. The van der Waals surface area contributed by atoms with Crippen LogP contribution in [0.5, 0.6) is 11.5 Å². The molecule has 1 aromatic carbocycles. The quantitative estimate of drug-likeness (QED) is 0.844. The van der Waals surface area contributed by atoms with E-state index >= 15 is 0 Å². The van der Waals surface area contributed by atoms with Crippen LogP contribution in [0.3, 0.4) is 0 Å². The Morgan fingerprint density at radius 3 is 3.00 bits per heavy atom. The van der Waals surface area contributed by atoms with Crippen LogP contribution in [0, 0.1) is 6.92 Å². The van der Waals surface area contributed by atoms with Gasteiger partial charge in [-0.2, -0.15) is 5.10 Å². The van der Waals surface area contributed by atoms with E-state index in [4.69, 9.17) is 9.47 Å². The molecule has 0 atom stereocenters. The second-order valence-electron chi connectivity index (χ2n) is 3.95. The van der Waals surface area contributed by atoms with Gasteiger partial charge in [0.15, 0.2) is 11.5 Å². The summed E-state index contributed by atoms with van der Waals surface area (Å²) in [5.41, 5.74) is 1.39. The van der Waals surface area contributed by atoms with Gasteiger partial charge in [0.05, 0.1) is 6.20 Å². The van der Waals surface area contributed by atoms with Crippen molar-refractivity contribution in [2.75, 3.05) is 12.1 Å². The molecule has 1 aliphatic rings. The first-order valence-corrected chi connectivity index (χ1v) is 5.45. The minimum absolute atomic E-state index is 0.195. The zero-order valence-corrected chi connectivity index (χ0v) is 9.69. The number of aryl methyl sites for hydroxylation is 1. The van der Waals surface area contributed by atoms with E-state index in [2.05, 4.69) is 15.5 Å². The lowest BCUT2D eigenvalue weighted by Gasteiger charge is -2.04. The van der Waals surface area contributed by atoms with Crippen LogP contribution in [0.15, 0.2) is 24.4 Å². The molecule has 0 aliphatic carbocycles. The standard InChI is InChI=1S/C12H11N3O3/c1-7-5-13-15-11(7)14-12(16)8-2-3-9-10(4-8)18-6-17-9/h2-5H,6H2,1H3,(H2,13,14,15,16). The molecule has 1 aliphatic heterocycles. The average Bonchev–Trinajstić information content (AvgIpc) is 2.98. The van der Waals surface area contributed by atoms with Crippen LogP contribution in [0.2, 0.25) is 0 Å². The number of amides is 1. The molecule has 92 valence electrons. The van der Waals surface area contributed by atoms with Gasteiger partial charge in [0, 0.05) is 11.1 Å². The number of ether oxygens (including phenoxy) is 2. The van der Waals surface area contributed by atoms with Gasteiger partial charge >= 0.3 is 0 Å². The number of rotatable bonds is 2. The minimum Gasteiger partial charge on any atom is -0.454 e. The van der Waals surface area contributed by atoms with E-state index in [0.717, 1.165) is 5.56 Å². The summed E-state index contributed by atoms with van der Waals surface area (Å²) < 4.78 is 10.4. The predicted octanol–water partition coefficient (Wildman–Crippen LogP) is 1.70. The number of aromatic amines is 1. The number of H-pyrrole nitrogens is 1. The third kappa shape index (κ3) is 1.77. The molecular weight excluding hydrogens is 234 g/mol. The number of nitrogens with zero attached hydrogens (tertiary/aromatic N) is 1. The number of carbonyl (C=O) groups is 1. The lowest BCUT2D eigenvalue weighted by molar-refractivity contribution is 0.102. The highest BCUT2D eigenvalue weighted by Crippen LogP contribution is 2.32. The van der Waals surface area contributed by atoms with Crippen LogP contribution < -0.4 is 14.8 Å². The molecule has 0 bridgehead atoms. The highest BCUT2D eigenvalue weighted by atomic mass is 16.7. The maximum Gasteiger partial charge on any atom is 0.256 e. The Labute approximate surface area is 103 Å². The fourth-order valence-electron chi connectivity index (χ4n) is 1.70. The van der Waals surface area contributed by atoms with Crippen LogP contribution in [0.25, 0.3) is 0 Å². The monoisotopic (exact) mass is 245 g/mol. The predicted molar refractivity (Wildman–Crippen MR) is 63.8 cm³/mol. The lowest BCUT2D eigenvalue weighted by atomic mass is 10.2. The van der Waals surface area contributed by atoms with Crippen molar-refractivity contribution in [2.24, 2.45) is 0 Å². The largest absolute Gasteiger partial charge is 0.454 e. The van der Waals surface area contributed by atoms with Gasteiger partial charge in [-0.15, -0.1) is 0 Å². The molecule has 3 rings (SSSR count). The van der Waals surface area contributed by atoms with E-state index in [9.17, 15) is 4.79 Å². The van der Waals surface area contributed by atoms with Gasteiger partial charge in [-0.25, -0.2) is 0 Å². The first-order chi connectivity index (χ1) is 8.74. The number of hydrogen-bond acceptors (Lipinski definition) is 4. The number of nitrogens with one attached hydrogen (secondary N) is 2. The third-order valence-electron chi connectivity index (χ3n) is 2.70. The van der Waals surface area contributed by atoms with Crippen molar-refractivity contribution < 1.29 is 14.3 Å². The molecule has 2 N–H and O–H groups in total. The van der Waals surface area contributed by atoms with Gasteiger partial charge in [-0.05, 0) is 25.1 Å². The first-order valence-electron chi connectivity index (χ1n) is 5.45. The third-order valence-corrected chi connectivity index (χ3v) is 2.70. The molecule has 6 nitrogen and oxygen atoms in total. The van der Waals surface area contributed by atoms with Crippen LogP contribution in [0.4, 0.5) is 5.82 Å². The summed E-state index contributed by atoms with van der Waals surface area (Å²) in [6, 6.07) is 5.06. The van der Waals surface area contributed by atoms with Gasteiger partial charge in [-0.3, -0.25) is 9.89 Å². The molecule has 0 spiro atoms. The summed E-state index contributed by atoms with van der Waals surface area (Å²) in [5.74, 6) is 1.62. The molecule has 6 heteroatoms. The van der Waals surface area contributed by atoms with E-state index in [1.54, 1.807) is 24.4 Å². The van der Waals surface area contributed by atoms with E-state index in [1.165, 1.54) is 0 Å². The molecule has 0 radical (unpaired) electrons. The summed E-state index contributed by atoms with van der Waals surface area (Å²) in [4.78, 5) is 12.0. The second-order valence-corrected chi connectivity index (χ2v) is 3.95. The Morgan fingerprint density at radius 2 is 2.22 bits per heavy atom. The summed E-state index contributed by atoms with van der Waals surface area (Å²) in [5, 5.41) is 9.31. The van der Waals surface area contributed by atoms with Gasteiger partial charge in [-0.1, -0.05) is 0 Å². The maximum absolute atomic E-state index is 12.0. The maximum atomic E-state index is 12.0. The Hall–Kier alpha value is -2.50. The number of fused-ring (bicyclic) bond motifs is 1. The molecule has 0 unspecified atom stereocenters. The molecule has 0 fully saturated rings. The molecule has 2 heterocycles. The van der Waals surface area contributed by atoms with Gasteiger partial charge in [0.2, 0.25) is 6.79 Å². The normalized spacial score (nSPS) is 12.5. The Kier molecular flexibility index (Phi) is 2.40.